The molecule has 2 N–H and O–H groups in total. The van der Waals surface area contributed by atoms with E-state index in [1.54, 1.807) is 19.1 Å². The summed E-state index contributed by atoms with van der Waals surface area (Å²) in [5.74, 6) is -0.601. The number of halogens is 1. The second-order valence-electron chi connectivity index (χ2n) is 3.14. The van der Waals surface area contributed by atoms with Crippen LogP contribution in [0.25, 0.3) is 0 Å². The number of rotatable bonds is 3. The predicted octanol–water partition coefficient (Wildman–Crippen LogP) is 2.48. The van der Waals surface area contributed by atoms with E-state index in [1.807, 2.05) is 0 Å². The first kappa shape index (κ1) is 11.0. The minimum absolute atomic E-state index is 0.108. The molecule has 0 bridgehead atoms. The largest absolute Gasteiger partial charge is 0.506 e. The van der Waals surface area contributed by atoms with Crippen molar-refractivity contribution in [3.63, 3.8) is 0 Å². The summed E-state index contributed by atoms with van der Waals surface area (Å²) in [6.45, 7) is 1.78. The SMILES string of the molecule is Cc1cc(CCC(=O)O)cc(Br)c1O. The van der Waals surface area contributed by atoms with E-state index in [2.05, 4.69) is 15.9 Å². The molecule has 0 aliphatic heterocycles. The quantitative estimate of drug-likeness (QED) is 0.876. The van der Waals surface area contributed by atoms with Gasteiger partial charge in [0.05, 0.1) is 4.47 Å². The van der Waals surface area contributed by atoms with Crippen molar-refractivity contribution in [3.8, 4) is 5.75 Å². The van der Waals surface area contributed by atoms with Gasteiger partial charge in [-0.25, -0.2) is 0 Å². The highest BCUT2D eigenvalue weighted by atomic mass is 79.9. The first-order valence-corrected chi connectivity index (χ1v) is 5.00. The molecule has 0 unspecified atom stereocenters. The zero-order valence-corrected chi connectivity index (χ0v) is 9.34. The fraction of sp³-hybridized carbons (Fsp3) is 0.300. The van der Waals surface area contributed by atoms with E-state index >= 15 is 0 Å². The fourth-order valence-electron chi connectivity index (χ4n) is 1.20. The molecule has 0 fully saturated rings. The molecule has 1 aromatic rings. The number of aryl methyl sites for hydroxylation is 2. The zero-order valence-electron chi connectivity index (χ0n) is 7.75. The van der Waals surface area contributed by atoms with E-state index in [9.17, 15) is 9.90 Å². The van der Waals surface area contributed by atoms with Crippen molar-refractivity contribution in [2.45, 2.75) is 19.8 Å². The molecule has 0 radical (unpaired) electrons. The van der Waals surface area contributed by atoms with E-state index in [4.69, 9.17) is 5.11 Å². The average molecular weight is 259 g/mol. The standard InChI is InChI=1S/C10H11BrO3/c1-6-4-7(2-3-9(12)13)5-8(11)10(6)14/h4-5,14H,2-3H2,1H3,(H,12,13). The van der Waals surface area contributed by atoms with Crippen LogP contribution < -0.4 is 0 Å². The van der Waals surface area contributed by atoms with Gasteiger partial charge in [0.2, 0.25) is 0 Å². The lowest BCUT2D eigenvalue weighted by Gasteiger charge is -2.05. The van der Waals surface area contributed by atoms with E-state index < -0.39 is 5.97 Å². The molecule has 0 spiro atoms. The molecule has 0 amide bonds. The number of aliphatic carboxylic acids is 1. The monoisotopic (exact) mass is 258 g/mol. The number of aromatic hydroxyl groups is 1. The number of hydrogen-bond donors (Lipinski definition) is 2. The molecule has 0 saturated carbocycles. The second-order valence-corrected chi connectivity index (χ2v) is 3.99. The molecule has 1 rings (SSSR count). The summed E-state index contributed by atoms with van der Waals surface area (Å²) in [5.41, 5.74) is 1.66. The van der Waals surface area contributed by atoms with Crippen LogP contribution in [0.5, 0.6) is 5.75 Å². The molecular formula is C10H11BrO3. The summed E-state index contributed by atoms with van der Waals surface area (Å²) in [6, 6.07) is 3.54. The number of carboxylic acids is 1. The van der Waals surface area contributed by atoms with Crippen LogP contribution >= 0.6 is 15.9 Å². The smallest absolute Gasteiger partial charge is 0.303 e. The third-order valence-corrected chi connectivity index (χ3v) is 2.55. The first-order chi connectivity index (χ1) is 6.50. The Hall–Kier alpha value is -1.03. The van der Waals surface area contributed by atoms with Gasteiger partial charge in [-0.2, -0.15) is 0 Å². The van der Waals surface area contributed by atoms with Gasteiger partial charge in [-0.3, -0.25) is 4.79 Å². The van der Waals surface area contributed by atoms with Crippen LogP contribution in [0.4, 0.5) is 0 Å². The van der Waals surface area contributed by atoms with Crippen molar-refractivity contribution in [2.24, 2.45) is 0 Å². The third-order valence-electron chi connectivity index (χ3n) is 1.94. The normalized spacial score (nSPS) is 10.1. The number of carboxylic acid groups (broad SMARTS) is 1. The molecular weight excluding hydrogens is 248 g/mol. The number of phenols is 1. The lowest BCUT2D eigenvalue weighted by atomic mass is 10.1. The fourth-order valence-corrected chi connectivity index (χ4v) is 1.81. The Morgan fingerprint density at radius 2 is 2.14 bits per heavy atom. The Kier molecular flexibility index (Phi) is 3.52. The van der Waals surface area contributed by atoms with Gasteiger partial charge in [0, 0.05) is 6.42 Å². The van der Waals surface area contributed by atoms with Crippen molar-refractivity contribution in [2.75, 3.05) is 0 Å². The van der Waals surface area contributed by atoms with Gasteiger partial charge >= 0.3 is 5.97 Å². The summed E-state index contributed by atoms with van der Waals surface area (Å²) >= 11 is 3.21. The van der Waals surface area contributed by atoms with Crippen LogP contribution in [0.1, 0.15) is 17.5 Å². The molecule has 1 aromatic carbocycles. The summed E-state index contributed by atoms with van der Waals surface area (Å²) in [7, 11) is 0. The third kappa shape index (κ3) is 2.73. The maximum absolute atomic E-state index is 10.3. The van der Waals surface area contributed by atoms with Gasteiger partial charge < -0.3 is 10.2 Å². The Morgan fingerprint density at radius 3 is 2.64 bits per heavy atom. The molecule has 4 heteroatoms. The van der Waals surface area contributed by atoms with E-state index in [0.717, 1.165) is 11.1 Å². The van der Waals surface area contributed by atoms with E-state index in [-0.39, 0.29) is 12.2 Å². The molecule has 0 aromatic heterocycles. The lowest BCUT2D eigenvalue weighted by Crippen LogP contribution is -1.97. The van der Waals surface area contributed by atoms with Crippen LogP contribution in [0, 0.1) is 6.92 Å². The Bertz CT molecular complexity index is 337. The summed E-state index contributed by atoms with van der Waals surface area (Å²) < 4.78 is 0.609. The van der Waals surface area contributed by atoms with Crippen molar-refractivity contribution in [1.82, 2.24) is 0 Å². The van der Waals surface area contributed by atoms with Gasteiger partial charge in [0.1, 0.15) is 5.75 Å². The molecule has 0 aliphatic carbocycles. The van der Waals surface area contributed by atoms with Gasteiger partial charge in [-0.05, 0) is 46.5 Å². The molecule has 0 heterocycles. The van der Waals surface area contributed by atoms with Crippen molar-refractivity contribution in [3.05, 3.63) is 27.7 Å². The molecule has 0 atom stereocenters. The van der Waals surface area contributed by atoms with Crippen LogP contribution in [-0.2, 0) is 11.2 Å². The molecule has 76 valence electrons. The minimum atomic E-state index is -0.813. The zero-order chi connectivity index (χ0) is 10.7. The molecule has 0 aliphatic rings. The Balaban J connectivity index is 2.84. The minimum Gasteiger partial charge on any atom is -0.506 e. The van der Waals surface area contributed by atoms with Crippen LogP contribution in [0.15, 0.2) is 16.6 Å². The Labute approximate surface area is 90.5 Å². The van der Waals surface area contributed by atoms with Crippen LogP contribution in [-0.4, -0.2) is 16.2 Å². The number of phenolic OH excluding ortho intramolecular Hbond substituents is 1. The van der Waals surface area contributed by atoms with Crippen molar-refractivity contribution >= 4 is 21.9 Å². The Morgan fingerprint density at radius 1 is 1.50 bits per heavy atom. The number of carbonyl (C=O) groups is 1. The maximum atomic E-state index is 10.3. The highest BCUT2D eigenvalue weighted by Gasteiger charge is 2.05. The highest BCUT2D eigenvalue weighted by molar-refractivity contribution is 9.10. The summed E-state index contributed by atoms with van der Waals surface area (Å²) in [6.07, 6.45) is 0.589. The highest BCUT2D eigenvalue weighted by Crippen LogP contribution is 2.29. The van der Waals surface area contributed by atoms with Crippen molar-refractivity contribution in [1.29, 1.82) is 0 Å². The molecule has 0 saturated heterocycles. The predicted molar refractivity (Wildman–Crippen MR) is 56.5 cm³/mol. The topological polar surface area (TPSA) is 57.5 Å². The first-order valence-electron chi connectivity index (χ1n) is 4.20. The van der Waals surface area contributed by atoms with E-state index in [1.165, 1.54) is 0 Å². The van der Waals surface area contributed by atoms with Crippen molar-refractivity contribution < 1.29 is 15.0 Å². The van der Waals surface area contributed by atoms with E-state index in [0.29, 0.717) is 10.9 Å². The molecule has 14 heavy (non-hydrogen) atoms. The van der Waals surface area contributed by atoms with Crippen LogP contribution in [0.2, 0.25) is 0 Å². The number of benzene rings is 1. The lowest BCUT2D eigenvalue weighted by molar-refractivity contribution is -0.136. The number of hydrogen-bond acceptors (Lipinski definition) is 2. The average Bonchev–Trinajstić information content (AvgIpc) is 2.10. The van der Waals surface area contributed by atoms with Gasteiger partial charge in [0.25, 0.3) is 0 Å². The maximum Gasteiger partial charge on any atom is 0.303 e. The second kappa shape index (κ2) is 4.46. The molecule has 3 nitrogen and oxygen atoms in total. The van der Waals surface area contributed by atoms with Gasteiger partial charge in [-0.1, -0.05) is 6.07 Å². The summed E-state index contributed by atoms with van der Waals surface area (Å²) in [4.78, 5) is 10.3. The van der Waals surface area contributed by atoms with Gasteiger partial charge in [0.15, 0.2) is 0 Å². The van der Waals surface area contributed by atoms with Crippen LogP contribution in [0.3, 0.4) is 0 Å². The van der Waals surface area contributed by atoms with Gasteiger partial charge in [-0.15, -0.1) is 0 Å². The summed E-state index contributed by atoms with van der Waals surface area (Å²) in [5, 5.41) is 18.0.